The highest BCUT2D eigenvalue weighted by Gasteiger charge is 2.45. The predicted molar refractivity (Wildman–Crippen MR) is 122 cm³/mol. The van der Waals surface area contributed by atoms with Gasteiger partial charge in [-0.25, -0.2) is 14.4 Å². The van der Waals surface area contributed by atoms with Crippen molar-refractivity contribution in [2.45, 2.75) is 18.3 Å². The van der Waals surface area contributed by atoms with Gasteiger partial charge in [0.15, 0.2) is 18.3 Å². The minimum atomic E-state index is -1.07. The number of carbonyl (C=O) groups is 3. The third-order valence-electron chi connectivity index (χ3n) is 5.18. The Morgan fingerprint density at radius 3 is 1.62 bits per heavy atom. The Balaban J connectivity index is 1.52. The van der Waals surface area contributed by atoms with Crippen LogP contribution in [0.4, 0.5) is 0 Å². The van der Waals surface area contributed by atoms with Gasteiger partial charge in [-0.15, -0.1) is 0 Å². The maximum absolute atomic E-state index is 12.8. The average Bonchev–Trinajstić information content (AvgIpc) is 3.27. The Bertz CT molecular complexity index is 1160. The summed E-state index contributed by atoms with van der Waals surface area (Å²) in [5.41, 5.74) is 0.980. The van der Waals surface area contributed by atoms with E-state index >= 15 is 0 Å². The van der Waals surface area contributed by atoms with E-state index in [1.165, 1.54) is 0 Å². The number of ether oxygens (including phenoxy) is 4. The SMILES string of the molecule is C=C(OC(=O)c1ccccc1)[C@@H]1OC[C@H](OC(=O)c2ccccc2)[C@H]1OC(=O)c1ccccc1. The van der Waals surface area contributed by atoms with E-state index in [2.05, 4.69) is 6.58 Å². The molecule has 0 saturated carbocycles. The molecule has 172 valence electrons. The summed E-state index contributed by atoms with van der Waals surface area (Å²) < 4.78 is 22.4. The van der Waals surface area contributed by atoms with E-state index in [-0.39, 0.29) is 12.4 Å². The van der Waals surface area contributed by atoms with E-state index in [0.717, 1.165) is 0 Å². The monoisotopic (exact) mass is 458 g/mol. The van der Waals surface area contributed by atoms with Crippen molar-refractivity contribution in [1.29, 1.82) is 0 Å². The molecule has 0 amide bonds. The molecule has 1 aliphatic heterocycles. The van der Waals surface area contributed by atoms with Crippen molar-refractivity contribution in [2.75, 3.05) is 6.61 Å². The molecule has 1 fully saturated rings. The molecule has 0 N–H and O–H groups in total. The van der Waals surface area contributed by atoms with Crippen LogP contribution in [0.1, 0.15) is 31.1 Å². The number of esters is 3. The van der Waals surface area contributed by atoms with Gasteiger partial charge in [0, 0.05) is 0 Å². The van der Waals surface area contributed by atoms with Crippen molar-refractivity contribution in [1.82, 2.24) is 0 Å². The molecule has 0 aromatic heterocycles. The van der Waals surface area contributed by atoms with Crippen LogP contribution in [0.2, 0.25) is 0 Å². The summed E-state index contributed by atoms with van der Waals surface area (Å²) in [5.74, 6) is -1.92. The summed E-state index contributed by atoms with van der Waals surface area (Å²) in [6.45, 7) is 3.73. The molecule has 0 unspecified atom stereocenters. The minimum Gasteiger partial charge on any atom is -0.452 e. The standard InChI is InChI=1S/C27H22O7/c1-18(32-25(28)19-11-5-2-6-12-19)23-24(34-27(30)21-15-9-4-10-16-21)22(17-31-23)33-26(29)20-13-7-3-8-14-20/h2-16,22-24H,1,17H2/t22-,23-,24+/m0/s1. The molecule has 3 aromatic carbocycles. The first-order valence-electron chi connectivity index (χ1n) is 10.6. The fourth-order valence-corrected chi connectivity index (χ4v) is 3.45. The third kappa shape index (κ3) is 5.39. The molecular weight excluding hydrogens is 436 g/mol. The van der Waals surface area contributed by atoms with Crippen LogP contribution in [0, 0.1) is 0 Å². The molecule has 4 rings (SSSR count). The van der Waals surface area contributed by atoms with Crippen LogP contribution in [-0.4, -0.2) is 42.8 Å². The maximum atomic E-state index is 12.8. The van der Waals surface area contributed by atoms with Crippen LogP contribution in [0.25, 0.3) is 0 Å². The molecule has 3 atom stereocenters. The fourth-order valence-electron chi connectivity index (χ4n) is 3.45. The van der Waals surface area contributed by atoms with Gasteiger partial charge in [0.2, 0.25) is 0 Å². The largest absolute Gasteiger partial charge is 0.452 e. The van der Waals surface area contributed by atoms with Gasteiger partial charge in [-0.05, 0) is 36.4 Å². The van der Waals surface area contributed by atoms with E-state index in [4.69, 9.17) is 18.9 Å². The molecule has 0 bridgehead atoms. The van der Waals surface area contributed by atoms with E-state index in [1.54, 1.807) is 91.0 Å². The molecule has 3 aromatic rings. The number of carbonyl (C=O) groups excluding carboxylic acids is 3. The quantitative estimate of drug-likeness (QED) is 0.298. The zero-order valence-electron chi connectivity index (χ0n) is 18.2. The van der Waals surface area contributed by atoms with Gasteiger partial charge in [0.1, 0.15) is 5.76 Å². The van der Waals surface area contributed by atoms with Crippen LogP contribution in [0.15, 0.2) is 103 Å². The molecule has 0 aliphatic carbocycles. The lowest BCUT2D eigenvalue weighted by atomic mass is 10.1. The molecule has 0 spiro atoms. The zero-order chi connectivity index (χ0) is 23.9. The summed E-state index contributed by atoms with van der Waals surface area (Å²) >= 11 is 0. The predicted octanol–water partition coefficient (Wildman–Crippen LogP) is 4.21. The van der Waals surface area contributed by atoms with Crippen molar-refractivity contribution in [3.05, 3.63) is 120 Å². The second kappa shape index (κ2) is 10.6. The molecule has 1 aliphatic rings. The van der Waals surface area contributed by atoms with Gasteiger partial charge >= 0.3 is 17.9 Å². The van der Waals surface area contributed by atoms with E-state index < -0.39 is 36.2 Å². The summed E-state index contributed by atoms with van der Waals surface area (Å²) in [6, 6.07) is 25.2. The van der Waals surface area contributed by atoms with E-state index in [9.17, 15) is 14.4 Å². The van der Waals surface area contributed by atoms with Gasteiger partial charge in [0.05, 0.1) is 23.3 Å². The summed E-state index contributed by atoms with van der Waals surface area (Å²) in [5, 5.41) is 0. The van der Waals surface area contributed by atoms with Gasteiger partial charge in [-0.1, -0.05) is 61.2 Å². The smallest absolute Gasteiger partial charge is 0.343 e. The van der Waals surface area contributed by atoms with Crippen LogP contribution < -0.4 is 0 Å². The van der Waals surface area contributed by atoms with Gasteiger partial charge < -0.3 is 18.9 Å². The average molecular weight is 458 g/mol. The highest BCUT2D eigenvalue weighted by molar-refractivity contribution is 5.91. The molecule has 34 heavy (non-hydrogen) atoms. The van der Waals surface area contributed by atoms with Gasteiger partial charge in [-0.3, -0.25) is 0 Å². The first kappa shape index (κ1) is 22.9. The summed E-state index contributed by atoms with van der Waals surface area (Å²) in [7, 11) is 0. The number of hydrogen-bond acceptors (Lipinski definition) is 7. The highest BCUT2D eigenvalue weighted by Crippen LogP contribution is 2.28. The Morgan fingerprint density at radius 2 is 1.12 bits per heavy atom. The second-order valence-corrected chi connectivity index (χ2v) is 7.52. The number of hydrogen-bond donors (Lipinski definition) is 0. The third-order valence-corrected chi connectivity index (χ3v) is 5.18. The van der Waals surface area contributed by atoms with Crippen LogP contribution >= 0.6 is 0 Å². The Labute approximate surface area is 196 Å². The van der Waals surface area contributed by atoms with Crippen molar-refractivity contribution in [3.63, 3.8) is 0 Å². The molecule has 7 nitrogen and oxygen atoms in total. The van der Waals surface area contributed by atoms with Gasteiger partial charge in [-0.2, -0.15) is 0 Å². The van der Waals surface area contributed by atoms with Crippen molar-refractivity contribution >= 4 is 17.9 Å². The lowest BCUT2D eigenvalue weighted by Crippen LogP contribution is -2.39. The maximum Gasteiger partial charge on any atom is 0.343 e. The van der Waals surface area contributed by atoms with Crippen molar-refractivity contribution < 1.29 is 33.3 Å². The molecule has 1 heterocycles. The number of rotatable bonds is 7. The second-order valence-electron chi connectivity index (χ2n) is 7.52. The lowest BCUT2D eigenvalue weighted by Gasteiger charge is -2.24. The number of benzene rings is 3. The fraction of sp³-hybridized carbons (Fsp3) is 0.148. The highest BCUT2D eigenvalue weighted by atomic mass is 16.6. The zero-order valence-corrected chi connectivity index (χ0v) is 18.2. The van der Waals surface area contributed by atoms with Crippen molar-refractivity contribution in [3.8, 4) is 0 Å². The lowest BCUT2D eigenvalue weighted by molar-refractivity contribution is -0.0301. The Hall–Kier alpha value is -4.23. The molecular formula is C27H22O7. The summed E-state index contributed by atoms with van der Waals surface area (Å²) in [4.78, 5) is 37.8. The van der Waals surface area contributed by atoms with Crippen LogP contribution in [0.5, 0.6) is 0 Å². The molecule has 7 heteroatoms. The minimum absolute atomic E-state index is 0.0574. The normalized spacial score (nSPS) is 19.1. The van der Waals surface area contributed by atoms with Crippen LogP contribution in [-0.2, 0) is 18.9 Å². The summed E-state index contributed by atoms with van der Waals surface area (Å²) in [6.07, 6.45) is -3.03. The molecule has 0 radical (unpaired) electrons. The first-order valence-corrected chi connectivity index (χ1v) is 10.6. The topological polar surface area (TPSA) is 88.1 Å². The van der Waals surface area contributed by atoms with Crippen molar-refractivity contribution in [2.24, 2.45) is 0 Å². The van der Waals surface area contributed by atoms with E-state index in [0.29, 0.717) is 16.7 Å². The van der Waals surface area contributed by atoms with Crippen LogP contribution in [0.3, 0.4) is 0 Å². The first-order chi connectivity index (χ1) is 16.5. The molecule has 1 saturated heterocycles. The van der Waals surface area contributed by atoms with E-state index in [1.807, 2.05) is 0 Å². The van der Waals surface area contributed by atoms with Gasteiger partial charge in [0.25, 0.3) is 0 Å². The Morgan fingerprint density at radius 1 is 0.676 bits per heavy atom. The Kier molecular flexibility index (Phi) is 7.15.